The van der Waals surface area contributed by atoms with Crippen molar-refractivity contribution < 1.29 is 27.9 Å². The molecule has 3 unspecified atom stereocenters. The Kier molecular flexibility index (Phi) is 6.92. The first-order chi connectivity index (χ1) is 16.2. The molecule has 34 heavy (non-hydrogen) atoms. The number of nitrogens with one attached hydrogen (secondary N) is 1. The van der Waals surface area contributed by atoms with E-state index in [-0.39, 0.29) is 55.1 Å². The first-order valence-corrected chi connectivity index (χ1v) is 11.3. The van der Waals surface area contributed by atoms with Crippen LogP contribution in [0, 0.1) is 17.6 Å². The summed E-state index contributed by atoms with van der Waals surface area (Å²) in [7, 11) is 0. The lowest BCUT2D eigenvalue weighted by atomic mass is 10.1. The van der Waals surface area contributed by atoms with E-state index in [0.717, 1.165) is 23.8 Å². The molecule has 2 aromatic carbocycles. The fourth-order valence-electron chi connectivity index (χ4n) is 4.45. The van der Waals surface area contributed by atoms with Gasteiger partial charge in [-0.2, -0.15) is 0 Å². The standard InChI is InChI=1S/C25H27F2N3O4/c1-15-12-29(13-16(2)34-15)25(33)18-5-3-17(4-6-18)11-28-24(32)19-7-23(31)30(14-19)22-9-20(26)8-21(27)10-22/h3-6,8-10,15-16,19H,7,11-14H2,1-2H3,(H,28,32). The van der Waals surface area contributed by atoms with Gasteiger partial charge >= 0.3 is 0 Å². The zero-order valence-corrected chi connectivity index (χ0v) is 19.1. The molecule has 180 valence electrons. The molecule has 3 atom stereocenters. The van der Waals surface area contributed by atoms with Crippen LogP contribution in [0.2, 0.25) is 0 Å². The Bertz CT molecular complexity index is 1060. The molecule has 4 rings (SSSR count). The molecular formula is C25H27F2N3O4. The first kappa shape index (κ1) is 23.8. The van der Waals surface area contributed by atoms with E-state index < -0.39 is 17.6 Å². The van der Waals surface area contributed by atoms with Gasteiger partial charge in [-0.05, 0) is 43.7 Å². The molecular weight excluding hydrogens is 444 g/mol. The van der Waals surface area contributed by atoms with Crippen molar-refractivity contribution in [1.82, 2.24) is 10.2 Å². The predicted octanol–water partition coefficient (Wildman–Crippen LogP) is 2.88. The molecule has 2 heterocycles. The van der Waals surface area contributed by atoms with Gasteiger partial charge in [0.25, 0.3) is 5.91 Å². The van der Waals surface area contributed by atoms with E-state index in [2.05, 4.69) is 5.32 Å². The van der Waals surface area contributed by atoms with E-state index in [1.807, 2.05) is 13.8 Å². The lowest BCUT2D eigenvalue weighted by Gasteiger charge is -2.35. The summed E-state index contributed by atoms with van der Waals surface area (Å²) in [5.41, 5.74) is 1.47. The smallest absolute Gasteiger partial charge is 0.254 e. The average Bonchev–Trinajstić information content (AvgIpc) is 3.18. The third kappa shape index (κ3) is 5.41. The van der Waals surface area contributed by atoms with Gasteiger partial charge in [0.15, 0.2) is 0 Å². The van der Waals surface area contributed by atoms with Crippen LogP contribution in [0.4, 0.5) is 14.5 Å². The fourth-order valence-corrected chi connectivity index (χ4v) is 4.45. The van der Waals surface area contributed by atoms with E-state index in [1.54, 1.807) is 29.2 Å². The largest absolute Gasteiger partial charge is 0.372 e. The van der Waals surface area contributed by atoms with Crippen LogP contribution in [0.15, 0.2) is 42.5 Å². The molecule has 2 aromatic rings. The van der Waals surface area contributed by atoms with Gasteiger partial charge in [-0.15, -0.1) is 0 Å². The van der Waals surface area contributed by atoms with Crippen molar-refractivity contribution in [1.29, 1.82) is 0 Å². The molecule has 3 amide bonds. The number of halogens is 2. The van der Waals surface area contributed by atoms with E-state index in [9.17, 15) is 23.2 Å². The molecule has 0 radical (unpaired) electrons. The highest BCUT2D eigenvalue weighted by Gasteiger charge is 2.35. The molecule has 1 N–H and O–H groups in total. The Morgan fingerprint density at radius 2 is 1.62 bits per heavy atom. The molecule has 2 aliphatic rings. The summed E-state index contributed by atoms with van der Waals surface area (Å²) in [4.78, 5) is 40.7. The van der Waals surface area contributed by atoms with Gasteiger partial charge in [-0.3, -0.25) is 14.4 Å². The molecule has 7 nitrogen and oxygen atoms in total. The van der Waals surface area contributed by atoms with Gasteiger partial charge in [0.2, 0.25) is 11.8 Å². The second kappa shape index (κ2) is 9.89. The Labute approximate surface area is 196 Å². The van der Waals surface area contributed by atoms with Gasteiger partial charge in [0.05, 0.1) is 18.1 Å². The third-order valence-corrected chi connectivity index (χ3v) is 6.03. The summed E-state index contributed by atoms with van der Waals surface area (Å²) < 4.78 is 32.7. The number of anilines is 1. The number of rotatable bonds is 5. The zero-order valence-electron chi connectivity index (χ0n) is 19.1. The van der Waals surface area contributed by atoms with Crippen molar-refractivity contribution >= 4 is 23.4 Å². The van der Waals surface area contributed by atoms with E-state index in [4.69, 9.17) is 4.74 Å². The number of carbonyl (C=O) groups is 3. The van der Waals surface area contributed by atoms with Gasteiger partial charge < -0.3 is 19.9 Å². The van der Waals surface area contributed by atoms with Crippen LogP contribution in [0.1, 0.15) is 36.2 Å². The predicted molar refractivity (Wildman–Crippen MR) is 121 cm³/mol. The Morgan fingerprint density at radius 3 is 2.24 bits per heavy atom. The molecule has 0 aliphatic carbocycles. The molecule has 0 saturated carbocycles. The fraction of sp³-hybridized carbons (Fsp3) is 0.400. The van der Waals surface area contributed by atoms with Gasteiger partial charge in [0.1, 0.15) is 11.6 Å². The second-order valence-corrected chi connectivity index (χ2v) is 8.92. The number of nitrogens with zero attached hydrogens (tertiary/aromatic N) is 2. The van der Waals surface area contributed by atoms with Gasteiger partial charge in [-0.25, -0.2) is 8.78 Å². The second-order valence-electron chi connectivity index (χ2n) is 8.92. The first-order valence-electron chi connectivity index (χ1n) is 11.3. The number of amides is 3. The maximum absolute atomic E-state index is 13.5. The van der Waals surface area contributed by atoms with Crippen molar-refractivity contribution in [2.75, 3.05) is 24.5 Å². The maximum atomic E-state index is 13.5. The van der Waals surface area contributed by atoms with Crippen molar-refractivity contribution in [2.45, 2.75) is 39.0 Å². The van der Waals surface area contributed by atoms with Crippen LogP contribution >= 0.6 is 0 Å². The molecule has 0 aromatic heterocycles. The summed E-state index contributed by atoms with van der Waals surface area (Å²) in [5, 5.41) is 2.80. The van der Waals surface area contributed by atoms with Crippen molar-refractivity contribution in [3.63, 3.8) is 0 Å². The lowest BCUT2D eigenvalue weighted by molar-refractivity contribution is -0.126. The van der Waals surface area contributed by atoms with Crippen LogP contribution in [-0.2, 0) is 20.9 Å². The van der Waals surface area contributed by atoms with Crippen LogP contribution in [0.3, 0.4) is 0 Å². The van der Waals surface area contributed by atoms with E-state index in [0.29, 0.717) is 18.7 Å². The van der Waals surface area contributed by atoms with E-state index >= 15 is 0 Å². The number of carbonyl (C=O) groups excluding carboxylic acids is 3. The Hall–Kier alpha value is -3.33. The number of hydrogen-bond acceptors (Lipinski definition) is 4. The summed E-state index contributed by atoms with van der Waals surface area (Å²) in [6.45, 7) is 5.25. The molecule has 9 heteroatoms. The Morgan fingerprint density at radius 1 is 1.00 bits per heavy atom. The van der Waals surface area contributed by atoms with Crippen LogP contribution in [0.25, 0.3) is 0 Å². The molecule has 0 spiro atoms. The number of morpholine rings is 1. The monoisotopic (exact) mass is 471 g/mol. The van der Waals surface area contributed by atoms with Crippen LogP contribution < -0.4 is 10.2 Å². The Balaban J connectivity index is 1.32. The van der Waals surface area contributed by atoms with Crippen molar-refractivity contribution in [3.05, 3.63) is 65.2 Å². The minimum atomic E-state index is -0.782. The normalized spacial score (nSPS) is 22.7. The SMILES string of the molecule is CC1CN(C(=O)c2ccc(CNC(=O)C3CC(=O)N(c4cc(F)cc(F)c4)C3)cc2)CC(C)O1. The summed E-state index contributed by atoms with van der Waals surface area (Å²) in [6.07, 6.45) is -0.0608. The highest BCUT2D eigenvalue weighted by Crippen LogP contribution is 2.27. The summed E-state index contributed by atoms with van der Waals surface area (Å²) >= 11 is 0. The summed E-state index contributed by atoms with van der Waals surface area (Å²) in [5.74, 6) is -2.92. The number of hydrogen-bond donors (Lipinski definition) is 1. The number of ether oxygens (including phenoxy) is 1. The minimum absolute atomic E-state index is 0.0134. The van der Waals surface area contributed by atoms with Crippen molar-refractivity contribution in [3.8, 4) is 0 Å². The van der Waals surface area contributed by atoms with Gasteiger partial charge in [-0.1, -0.05) is 12.1 Å². The third-order valence-electron chi connectivity index (χ3n) is 6.03. The average molecular weight is 472 g/mol. The lowest BCUT2D eigenvalue weighted by Crippen LogP contribution is -2.48. The molecule has 2 saturated heterocycles. The quantitative estimate of drug-likeness (QED) is 0.728. The highest BCUT2D eigenvalue weighted by molar-refractivity contribution is 6.00. The van der Waals surface area contributed by atoms with Crippen LogP contribution in [0.5, 0.6) is 0 Å². The summed E-state index contributed by atoms with van der Waals surface area (Å²) in [6, 6.07) is 9.90. The highest BCUT2D eigenvalue weighted by atomic mass is 19.1. The van der Waals surface area contributed by atoms with E-state index in [1.165, 1.54) is 4.90 Å². The maximum Gasteiger partial charge on any atom is 0.254 e. The molecule has 2 aliphatic heterocycles. The number of benzene rings is 2. The van der Waals surface area contributed by atoms with Gasteiger partial charge in [0, 0.05) is 49.9 Å². The van der Waals surface area contributed by atoms with Crippen LogP contribution in [-0.4, -0.2) is 54.5 Å². The molecule has 0 bridgehead atoms. The topological polar surface area (TPSA) is 79.0 Å². The minimum Gasteiger partial charge on any atom is -0.372 e. The molecule has 2 fully saturated rings. The van der Waals surface area contributed by atoms with Crippen molar-refractivity contribution in [2.24, 2.45) is 5.92 Å². The zero-order chi connectivity index (χ0) is 24.4.